The molecule has 1 aromatic carbocycles. The molecule has 6 heteroatoms. The van der Waals surface area contributed by atoms with E-state index in [-0.39, 0.29) is 5.97 Å². The second kappa shape index (κ2) is 7.98. The van der Waals surface area contributed by atoms with E-state index in [2.05, 4.69) is 4.98 Å². The van der Waals surface area contributed by atoms with Gasteiger partial charge in [0.15, 0.2) is 10.6 Å². The highest BCUT2D eigenvalue weighted by molar-refractivity contribution is 7.20. The van der Waals surface area contributed by atoms with Crippen LogP contribution in [0.4, 0.5) is 0 Å². The van der Waals surface area contributed by atoms with Gasteiger partial charge in [-0.1, -0.05) is 30.3 Å². The molecular formula is C19H19NO4S. The van der Waals surface area contributed by atoms with E-state index in [4.69, 9.17) is 14.2 Å². The summed E-state index contributed by atoms with van der Waals surface area (Å²) in [5.74, 6) is 0.653. The molecule has 0 aliphatic rings. The Labute approximate surface area is 150 Å². The average Bonchev–Trinajstić information content (AvgIpc) is 2.99. The molecule has 5 nitrogen and oxygen atoms in total. The lowest BCUT2D eigenvalue weighted by atomic mass is 10.2. The molecule has 3 rings (SSSR count). The third-order valence-electron chi connectivity index (χ3n) is 3.46. The quantitative estimate of drug-likeness (QED) is 0.585. The number of esters is 1. The number of pyridine rings is 1. The molecular weight excluding hydrogens is 338 g/mol. The monoisotopic (exact) mass is 357 g/mol. The molecule has 2 heterocycles. The standard InChI is InChI=1S/C19H19NO4S/c1-3-22-16-14-10-11-15(24-12-13-8-6-5-7-9-13)20-18(14)25-17(16)19(21)23-4-2/h5-11H,3-4,12H2,1-2H3. The summed E-state index contributed by atoms with van der Waals surface area (Å²) in [6, 6.07) is 13.5. The molecule has 0 N–H and O–H groups in total. The van der Waals surface area contributed by atoms with Gasteiger partial charge in [0.05, 0.1) is 18.6 Å². The van der Waals surface area contributed by atoms with E-state index in [0.29, 0.717) is 41.2 Å². The van der Waals surface area contributed by atoms with Gasteiger partial charge in [0, 0.05) is 6.07 Å². The summed E-state index contributed by atoms with van der Waals surface area (Å²) < 4.78 is 16.5. The van der Waals surface area contributed by atoms with Crippen LogP contribution in [0, 0.1) is 0 Å². The lowest BCUT2D eigenvalue weighted by Crippen LogP contribution is -2.05. The SMILES string of the molecule is CCOC(=O)c1sc2nc(OCc3ccccc3)ccc2c1OCC. The third-order valence-corrected chi connectivity index (χ3v) is 4.52. The number of hydrogen-bond acceptors (Lipinski definition) is 6. The van der Waals surface area contributed by atoms with Gasteiger partial charge in [0.25, 0.3) is 0 Å². The summed E-state index contributed by atoms with van der Waals surface area (Å²) in [6.07, 6.45) is 0. The summed E-state index contributed by atoms with van der Waals surface area (Å²) in [6.45, 7) is 4.87. The summed E-state index contributed by atoms with van der Waals surface area (Å²) in [5.41, 5.74) is 1.07. The molecule has 3 aromatic rings. The zero-order valence-corrected chi connectivity index (χ0v) is 15.0. The minimum Gasteiger partial charge on any atom is -0.491 e. The predicted octanol–water partition coefficient (Wildman–Crippen LogP) is 4.45. The third kappa shape index (κ3) is 3.91. The van der Waals surface area contributed by atoms with E-state index in [0.717, 1.165) is 10.9 Å². The molecule has 0 unspecified atom stereocenters. The molecule has 0 aliphatic carbocycles. The fourth-order valence-electron chi connectivity index (χ4n) is 2.37. The first-order valence-corrected chi connectivity index (χ1v) is 8.94. The second-order valence-corrected chi connectivity index (χ2v) is 6.19. The average molecular weight is 357 g/mol. The zero-order chi connectivity index (χ0) is 17.6. The highest BCUT2D eigenvalue weighted by atomic mass is 32.1. The van der Waals surface area contributed by atoms with Gasteiger partial charge in [-0.25, -0.2) is 9.78 Å². The van der Waals surface area contributed by atoms with Crippen LogP contribution in [0.3, 0.4) is 0 Å². The van der Waals surface area contributed by atoms with Crippen LogP contribution >= 0.6 is 11.3 Å². The van der Waals surface area contributed by atoms with Gasteiger partial charge in [-0.05, 0) is 25.5 Å². The molecule has 0 spiro atoms. The summed E-state index contributed by atoms with van der Waals surface area (Å²) in [4.78, 5) is 17.8. The van der Waals surface area contributed by atoms with Crippen molar-refractivity contribution in [1.29, 1.82) is 0 Å². The summed E-state index contributed by atoms with van der Waals surface area (Å²) >= 11 is 1.26. The van der Waals surface area contributed by atoms with E-state index in [1.807, 2.05) is 43.3 Å². The summed E-state index contributed by atoms with van der Waals surface area (Å²) in [5, 5.41) is 0.793. The van der Waals surface area contributed by atoms with Crippen molar-refractivity contribution in [2.75, 3.05) is 13.2 Å². The fraction of sp³-hybridized carbons (Fsp3) is 0.263. The fourth-order valence-corrected chi connectivity index (χ4v) is 3.37. The first-order valence-electron chi connectivity index (χ1n) is 8.13. The van der Waals surface area contributed by atoms with Gasteiger partial charge in [0.2, 0.25) is 5.88 Å². The molecule has 25 heavy (non-hydrogen) atoms. The minimum atomic E-state index is -0.388. The number of rotatable bonds is 7. The lowest BCUT2D eigenvalue weighted by molar-refractivity contribution is 0.0528. The normalized spacial score (nSPS) is 10.6. The van der Waals surface area contributed by atoms with Crippen LogP contribution in [0.25, 0.3) is 10.2 Å². The first kappa shape index (κ1) is 17.2. The predicted molar refractivity (Wildman–Crippen MR) is 97.5 cm³/mol. The van der Waals surface area contributed by atoms with E-state index < -0.39 is 0 Å². The van der Waals surface area contributed by atoms with Crippen molar-refractivity contribution in [2.24, 2.45) is 0 Å². The molecule has 130 valence electrons. The number of aromatic nitrogens is 1. The molecule has 0 fully saturated rings. The largest absolute Gasteiger partial charge is 0.491 e. The van der Waals surface area contributed by atoms with Crippen molar-refractivity contribution in [3.05, 3.63) is 52.9 Å². The molecule has 0 saturated carbocycles. The van der Waals surface area contributed by atoms with Crippen molar-refractivity contribution < 1.29 is 19.0 Å². The molecule has 0 saturated heterocycles. The van der Waals surface area contributed by atoms with Crippen LogP contribution in [0.5, 0.6) is 11.6 Å². The van der Waals surface area contributed by atoms with Crippen molar-refractivity contribution >= 4 is 27.5 Å². The van der Waals surface area contributed by atoms with Crippen LogP contribution in [-0.4, -0.2) is 24.2 Å². The van der Waals surface area contributed by atoms with Crippen molar-refractivity contribution in [3.8, 4) is 11.6 Å². The van der Waals surface area contributed by atoms with Crippen LogP contribution in [0.1, 0.15) is 29.1 Å². The smallest absolute Gasteiger partial charge is 0.352 e. The van der Waals surface area contributed by atoms with Gasteiger partial charge < -0.3 is 14.2 Å². The number of fused-ring (bicyclic) bond motifs is 1. The highest BCUT2D eigenvalue weighted by Gasteiger charge is 2.22. The number of thiophene rings is 1. The second-order valence-electron chi connectivity index (χ2n) is 5.19. The van der Waals surface area contributed by atoms with E-state index in [1.54, 1.807) is 13.0 Å². The number of ether oxygens (including phenoxy) is 3. The van der Waals surface area contributed by atoms with Gasteiger partial charge in [-0.15, -0.1) is 11.3 Å². The first-order chi connectivity index (χ1) is 12.2. The minimum absolute atomic E-state index is 0.317. The number of nitrogens with zero attached hydrogens (tertiary/aromatic N) is 1. The topological polar surface area (TPSA) is 57.7 Å². The van der Waals surface area contributed by atoms with Crippen molar-refractivity contribution in [2.45, 2.75) is 20.5 Å². The van der Waals surface area contributed by atoms with Crippen LogP contribution in [0.15, 0.2) is 42.5 Å². The van der Waals surface area contributed by atoms with Crippen LogP contribution < -0.4 is 9.47 Å². The Kier molecular flexibility index (Phi) is 5.50. The van der Waals surface area contributed by atoms with Crippen molar-refractivity contribution in [3.63, 3.8) is 0 Å². The number of hydrogen-bond donors (Lipinski definition) is 0. The Balaban J connectivity index is 1.87. The van der Waals surface area contributed by atoms with Crippen molar-refractivity contribution in [1.82, 2.24) is 4.98 Å². The molecule has 0 radical (unpaired) electrons. The molecule has 2 aromatic heterocycles. The van der Waals surface area contributed by atoms with E-state index in [9.17, 15) is 4.79 Å². The van der Waals surface area contributed by atoms with E-state index >= 15 is 0 Å². The maximum Gasteiger partial charge on any atom is 0.352 e. The number of carbonyl (C=O) groups excluding carboxylic acids is 1. The van der Waals surface area contributed by atoms with Crippen LogP contribution in [0.2, 0.25) is 0 Å². The van der Waals surface area contributed by atoms with Gasteiger partial charge >= 0.3 is 5.97 Å². The maximum absolute atomic E-state index is 12.2. The highest BCUT2D eigenvalue weighted by Crippen LogP contribution is 2.38. The number of carbonyl (C=O) groups is 1. The Hall–Kier alpha value is -2.60. The van der Waals surface area contributed by atoms with Gasteiger partial charge in [0.1, 0.15) is 11.4 Å². The van der Waals surface area contributed by atoms with Crippen LogP contribution in [-0.2, 0) is 11.3 Å². The van der Waals surface area contributed by atoms with Gasteiger partial charge in [-0.3, -0.25) is 0 Å². The molecule has 0 aliphatic heterocycles. The Morgan fingerprint density at radius 2 is 1.84 bits per heavy atom. The zero-order valence-electron chi connectivity index (χ0n) is 14.2. The lowest BCUT2D eigenvalue weighted by Gasteiger charge is -2.06. The summed E-state index contributed by atoms with van der Waals surface area (Å²) in [7, 11) is 0. The Morgan fingerprint density at radius 3 is 2.56 bits per heavy atom. The Bertz CT molecular complexity index is 860. The van der Waals surface area contributed by atoms with Gasteiger partial charge in [-0.2, -0.15) is 0 Å². The van der Waals surface area contributed by atoms with E-state index in [1.165, 1.54) is 11.3 Å². The number of benzene rings is 1. The maximum atomic E-state index is 12.2. The molecule has 0 amide bonds. The Morgan fingerprint density at radius 1 is 1.04 bits per heavy atom. The molecule has 0 atom stereocenters. The molecule has 0 bridgehead atoms.